The molecule has 11 heteroatoms. The van der Waals surface area contributed by atoms with Crippen molar-refractivity contribution in [2.45, 2.75) is 26.4 Å². The number of piperidine rings is 1. The summed E-state index contributed by atoms with van der Waals surface area (Å²) in [5, 5.41) is 11.2. The minimum absolute atomic E-state index is 0.0122. The quantitative estimate of drug-likeness (QED) is 0.423. The lowest BCUT2D eigenvalue weighted by molar-refractivity contribution is -0.384. The Morgan fingerprint density at radius 3 is 2.63 bits per heavy atom. The van der Waals surface area contributed by atoms with E-state index in [1.807, 2.05) is 0 Å². The molecule has 160 valence electrons. The number of hydrogen-bond donors (Lipinski definition) is 1. The van der Waals surface area contributed by atoms with E-state index in [-0.39, 0.29) is 29.6 Å². The number of nitrogen functional groups attached to an aromatic ring is 1. The summed E-state index contributed by atoms with van der Waals surface area (Å²) in [5.74, 6) is 0.469. The second kappa shape index (κ2) is 8.89. The van der Waals surface area contributed by atoms with Crippen LogP contribution >= 0.6 is 0 Å². The van der Waals surface area contributed by atoms with Crippen molar-refractivity contribution in [3.8, 4) is 0 Å². The first-order chi connectivity index (χ1) is 14.2. The molecular weight excluding hydrogens is 390 g/mol. The molecule has 1 aromatic heterocycles. The molecule has 1 aliphatic rings. The fourth-order valence-electron chi connectivity index (χ4n) is 3.22. The maximum atomic E-state index is 12.8. The monoisotopic (exact) mass is 415 g/mol. The van der Waals surface area contributed by atoms with Gasteiger partial charge in [-0.05, 0) is 24.8 Å². The van der Waals surface area contributed by atoms with Gasteiger partial charge in [0.2, 0.25) is 11.9 Å². The van der Waals surface area contributed by atoms with Crippen LogP contribution in [-0.4, -0.2) is 53.0 Å². The first kappa shape index (κ1) is 21.2. The zero-order valence-electron chi connectivity index (χ0n) is 17.2. The Kier molecular flexibility index (Phi) is 6.28. The van der Waals surface area contributed by atoms with Crippen LogP contribution in [0.2, 0.25) is 0 Å². The molecule has 0 spiro atoms. The molecule has 2 N–H and O–H groups in total. The number of hydrogen-bond acceptors (Lipinski definition) is 10. The second-order valence-electron chi connectivity index (χ2n) is 7.51. The fourth-order valence-corrected chi connectivity index (χ4v) is 3.22. The van der Waals surface area contributed by atoms with Crippen LogP contribution < -0.4 is 15.5 Å². The number of nitro benzene ring substituents is 1. The van der Waals surface area contributed by atoms with E-state index in [1.165, 1.54) is 12.1 Å². The van der Waals surface area contributed by atoms with E-state index in [9.17, 15) is 14.9 Å². The largest absolute Gasteiger partial charge is 0.454 e. The Balaban J connectivity index is 1.83. The molecule has 1 aliphatic heterocycles. The smallest absolute Gasteiger partial charge is 0.340 e. The summed E-state index contributed by atoms with van der Waals surface area (Å²) in [7, 11) is 3.50. The molecule has 11 nitrogen and oxygen atoms in total. The Morgan fingerprint density at radius 1 is 1.30 bits per heavy atom. The first-order valence-electron chi connectivity index (χ1n) is 9.63. The van der Waals surface area contributed by atoms with Crippen LogP contribution in [-0.2, 0) is 11.3 Å². The van der Waals surface area contributed by atoms with Gasteiger partial charge in [0.1, 0.15) is 0 Å². The molecule has 0 unspecified atom stereocenters. The molecule has 2 aromatic rings. The van der Waals surface area contributed by atoms with Gasteiger partial charge in [0.05, 0.1) is 16.2 Å². The number of nitro groups is 1. The number of carbonyl (C=O) groups excluding carboxylic acids is 1. The molecule has 0 atom stereocenters. The Bertz CT molecular complexity index is 942. The van der Waals surface area contributed by atoms with E-state index < -0.39 is 10.9 Å². The van der Waals surface area contributed by atoms with Gasteiger partial charge in [-0.1, -0.05) is 6.92 Å². The maximum Gasteiger partial charge on any atom is 0.340 e. The molecular formula is C19H25N7O4. The molecule has 0 amide bonds. The summed E-state index contributed by atoms with van der Waals surface area (Å²) >= 11 is 0. The Hall–Kier alpha value is -3.50. The van der Waals surface area contributed by atoms with Crippen LogP contribution in [0.3, 0.4) is 0 Å². The van der Waals surface area contributed by atoms with Crippen LogP contribution in [0.4, 0.5) is 23.3 Å². The van der Waals surface area contributed by atoms with Crippen LogP contribution in [0.25, 0.3) is 0 Å². The standard InChI is InChI=1S/C19H25N7O4/c1-12-6-8-25(9-7-12)15-5-4-13(26(28)29)10-14(15)17(27)30-11-16-21-18(20)23-19(22-16)24(2)3/h4-5,10,12H,6-9,11H2,1-3H3,(H2,20,21,22,23). The highest BCUT2D eigenvalue weighted by atomic mass is 16.6. The predicted molar refractivity (Wildman–Crippen MR) is 111 cm³/mol. The van der Waals surface area contributed by atoms with E-state index in [0.717, 1.165) is 25.9 Å². The molecule has 1 saturated heterocycles. The lowest BCUT2D eigenvalue weighted by Crippen LogP contribution is -2.34. The number of anilines is 3. The molecule has 1 fully saturated rings. The van der Waals surface area contributed by atoms with Gasteiger partial charge in [0, 0.05) is 39.3 Å². The molecule has 0 radical (unpaired) electrons. The lowest BCUT2D eigenvalue weighted by atomic mass is 9.98. The number of nitrogens with two attached hydrogens (primary N) is 1. The molecule has 0 aliphatic carbocycles. The highest BCUT2D eigenvalue weighted by molar-refractivity contribution is 5.96. The normalized spacial score (nSPS) is 14.4. The first-order valence-corrected chi connectivity index (χ1v) is 9.63. The summed E-state index contributed by atoms with van der Waals surface area (Å²) < 4.78 is 5.38. The number of rotatable bonds is 6. The van der Waals surface area contributed by atoms with Crippen molar-refractivity contribution in [1.29, 1.82) is 0 Å². The zero-order valence-corrected chi connectivity index (χ0v) is 17.2. The fraction of sp³-hybridized carbons (Fsp3) is 0.474. The third-order valence-corrected chi connectivity index (χ3v) is 4.95. The highest BCUT2D eigenvalue weighted by Gasteiger charge is 2.24. The SMILES string of the molecule is CC1CCN(c2ccc([N+](=O)[O-])cc2C(=O)OCc2nc(N)nc(N(C)C)n2)CC1. The average Bonchev–Trinajstić information content (AvgIpc) is 2.71. The number of aromatic nitrogens is 3. The minimum atomic E-state index is -0.683. The van der Waals surface area contributed by atoms with E-state index in [0.29, 0.717) is 17.6 Å². The van der Waals surface area contributed by atoms with Gasteiger partial charge >= 0.3 is 5.97 Å². The summed E-state index contributed by atoms with van der Waals surface area (Å²) in [6, 6.07) is 4.26. The van der Waals surface area contributed by atoms with Crippen molar-refractivity contribution in [1.82, 2.24) is 15.0 Å². The minimum Gasteiger partial charge on any atom is -0.454 e. The van der Waals surface area contributed by atoms with Crippen molar-refractivity contribution in [3.05, 3.63) is 39.7 Å². The van der Waals surface area contributed by atoms with Gasteiger partial charge < -0.3 is 20.3 Å². The van der Waals surface area contributed by atoms with Crippen LogP contribution in [0.15, 0.2) is 18.2 Å². The van der Waals surface area contributed by atoms with E-state index in [2.05, 4.69) is 26.8 Å². The molecule has 0 bridgehead atoms. The third-order valence-electron chi connectivity index (χ3n) is 4.95. The van der Waals surface area contributed by atoms with Gasteiger partial charge in [0.25, 0.3) is 5.69 Å². The van der Waals surface area contributed by atoms with Crippen molar-refractivity contribution >= 4 is 29.2 Å². The number of ether oxygens (including phenoxy) is 1. The molecule has 1 aromatic carbocycles. The van der Waals surface area contributed by atoms with Gasteiger partial charge in [-0.2, -0.15) is 15.0 Å². The lowest BCUT2D eigenvalue weighted by Gasteiger charge is -2.33. The van der Waals surface area contributed by atoms with Crippen LogP contribution in [0.5, 0.6) is 0 Å². The molecule has 30 heavy (non-hydrogen) atoms. The molecule has 2 heterocycles. The highest BCUT2D eigenvalue weighted by Crippen LogP contribution is 2.30. The number of carbonyl (C=O) groups is 1. The van der Waals surface area contributed by atoms with E-state index >= 15 is 0 Å². The summed E-state index contributed by atoms with van der Waals surface area (Å²) in [5.41, 5.74) is 6.29. The van der Waals surface area contributed by atoms with Gasteiger partial charge in [-0.15, -0.1) is 0 Å². The van der Waals surface area contributed by atoms with Crippen molar-refractivity contribution < 1.29 is 14.5 Å². The van der Waals surface area contributed by atoms with Gasteiger partial charge in [-0.3, -0.25) is 10.1 Å². The van der Waals surface area contributed by atoms with Crippen LogP contribution in [0.1, 0.15) is 35.9 Å². The summed E-state index contributed by atoms with van der Waals surface area (Å²) in [4.78, 5) is 39.4. The maximum absolute atomic E-state index is 12.8. The summed E-state index contributed by atoms with van der Waals surface area (Å²) in [6.45, 7) is 3.50. The van der Waals surface area contributed by atoms with Gasteiger partial charge in [0.15, 0.2) is 12.4 Å². The third kappa shape index (κ3) is 4.91. The number of nitrogens with zero attached hydrogens (tertiary/aromatic N) is 6. The number of esters is 1. The molecule has 0 saturated carbocycles. The average molecular weight is 415 g/mol. The predicted octanol–water partition coefficient (Wildman–Crippen LogP) is 2.02. The summed E-state index contributed by atoms with van der Waals surface area (Å²) in [6.07, 6.45) is 1.98. The van der Waals surface area contributed by atoms with Crippen molar-refractivity contribution in [2.24, 2.45) is 5.92 Å². The topological polar surface area (TPSA) is 141 Å². The van der Waals surface area contributed by atoms with Crippen molar-refractivity contribution in [2.75, 3.05) is 42.7 Å². The Labute approximate surface area is 174 Å². The zero-order chi connectivity index (χ0) is 21.8. The van der Waals surface area contributed by atoms with Gasteiger partial charge in [-0.25, -0.2) is 4.79 Å². The molecule has 3 rings (SSSR count). The van der Waals surface area contributed by atoms with E-state index in [4.69, 9.17) is 10.5 Å². The van der Waals surface area contributed by atoms with E-state index in [1.54, 1.807) is 25.1 Å². The van der Waals surface area contributed by atoms with Crippen LogP contribution in [0, 0.1) is 16.0 Å². The second-order valence-corrected chi connectivity index (χ2v) is 7.51. The van der Waals surface area contributed by atoms with Crippen molar-refractivity contribution in [3.63, 3.8) is 0 Å². The number of non-ortho nitro benzene ring substituents is 1. The Morgan fingerprint density at radius 2 is 2.00 bits per heavy atom. The number of benzene rings is 1.